The SMILES string of the molecule is C#Cc1cc(NC(=O)c2cncnc2OC)ccc1C. The number of carbonyl (C=O) groups excluding carboxylic acids is 1. The van der Waals surface area contributed by atoms with Crippen molar-refractivity contribution < 1.29 is 9.53 Å². The molecule has 1 N–H and O–H groups in total. The lowest BCUT2D eigenvalue weighted by Crippen LogP contribution is -2.14. The van der Waals surface area contributed by atoms with Gasteiger partial charge in [0.05, 0.1) is 7.11 Å². The fourth-order valence-electron chi connectivity index (χ4n) is 1.69. The number of nitrogens with zero attached hydrogens (tertiary/aromatic N) is 2. The van der Waals surface area contributed by atoms with Crippen molar-refractivity contribution in [1.29, 1.82) is 0 Å². The number of rotatable bonds is 3. The molecule has 0 aliphatic heterocycles. The number of ether oxygens (including phenoxy) is 1. The van der Waals surface area contributed by atoms with E-state index in [4.69, 9.17) is 11.2 Å². The maximum Gasteiger partial charge on any atom is 0.262 e. The molecule has 100 valence electrons. The van der Waals surface area contributed by atoms with Crippen LogP contribution >= 0.6 is 0 Å². The van der Waals surface area contributed by atoms with Crippen LogP contribution in [0.3, 0.4) is 0 Å². The standard InChI is InChI=1S/C15H13N3O2/c1-4-11-7-12(6-5-10(11)2)18-14(19)13-8-16-9-17-15(13)20-3/h1,5-9H,2-3H3,(H,18,19). The van der Waals surface area contributed by atoms with E-state index in [1.54, 1.807) is 12.1 Å². The van der Waals surface area contributed by atoms with Gasteiger partial charge >= 0.3 is 0 Å². The van der Waals surface area contributed by atoms with E-state index >= 15 is 0 Å². The largest absolute Gasteiger partial charge is 0.480 e. The Morgan fingerprint density at radius 1 is 1.45 bits per heavy atom. The first-order valence-corrected chi connectivity index (χ1v) is 5.88. The van der Waals surface area contributed by atoms with Gasteiger partial charge < -0.3 is 10.1 Å². The van der Waals surface area contributed by atoms with Gasteiger partial charge in [0.25, 0.3) is 5.91 Å². The van der Waals surface area contributed by atoms with Crippen molar-refractivity contribution in [3.05, 3.63) is 47.4 Å². The van der Waals surface area contributed by atoms with Gasteiger partial charge in [-0.05, 0) is 24.6 Å². The van der Waals surface area contributed by atoms with Gasteiger partial charge in [-0.2, -0.15) is 0 Å². The second-order valence-electron chi connectivity index (χ2n) is 4.07. The number of carbonyl (C=O) groups is 1. The molecule has 0 radical (unpaired) electrons. The summed E-state index contributed by atoms with van der Waals surface area (Å²) in [5, 5.41) is 2.74. The molecule has 20 heavy (non-hydrogen) atoms. The summed E-state index contributed by atoms with van der Waals surface area (Å²) < 4.78 is 5.02. The van der Waals surface area contributed by atoms with Gasteiger partial charge in [-0.15, -0.1) is 6.42 Å². The van der Waals surface area contributed by atoms with Crippen molar-refractivity contribution in [3.63, 3.8) is 0 Å². The third-order valence-corrected chi connectivity index (χ3v) is 2.76. The Morgan fingerprint density at radius 2 is 2.25 bits per heavy atom. The number of benzene rings is 1. The second-order valence-corrected chi connectivity index (χ2v) is 4.07. The Labute approximate surface area is 117 Å². The third-order valence-electron chi connectivity index (χ3n) is 2.76. The number of aryl methyl sites for hydroxylation is 1. The molecule has 1 aromatic heterocycles. The lowest BCUT2D eigenvalue weighted by molar-refractivity contribution is 0.102. The fraction of sp³-hybridized carbons (Fsp3) is 0.133. The minimum atomic E-state index is -0.353. The predicted molar refractivity (Wildman–Crippen MR) is 75.7 cm³/mol. The van der Waals surface area contributed by atoms with Crippen LogP contribution in [0, 0.1) is 19.3 Å². The van der Waals surface area contributed by atoms with E-state index in [0.717, 1.165) is 11.1 Å². The molecule has 1 heterocycles. The lowest BCUT2D eigenvalue weighted by atomic mass is 10.1. The van der Waals surface area contributed by atoms with Crippen LogP contribution in [0.15, 0.2) is 30.7 Å². The van der Waals surface area contributed by atoms with Crippen LogP contribution in [0.5, 0.6) is 5.88 Å². The first kappa shape index (κ1) is 13.6. The van der Waals surface area contributed by atoms with Crippen molar-refractivity contribution in [3.8, 4) is 18.2 Å². The quantitative estimate of drug-likeness (QED) is 0.864. The molecule has 0 saturated carbocycles. The Hall–Kier alpha value is -2.87. The molecule has 1 aromatic carbocycles. The number of hydrogen-bond acceptors (Lipinski definition) is 4. The van der Waals surface area contributed by atoms with Crippen molar-refractivity contribution in [2.75, 3.05) is 12.4 Å². The summed E-state index contributed by atoms with van der Waals surface area (Å²) in [4.78, 5) is 19.9. The van der Waals surface area contributed by atoms with Gasteiger partial charge in [0.1, 0.15) is 11.9 Å². The van der Waals surface area contributed by atoms with Crippen molar-refractivity contribution in [2.24, 2.45) is 0 Å². The fourth-order valence-corrected chi connectivity index (χ4v) is 1.69. The minimum absolute atomic E-state index is 0.224. The Kier molecular flexibility index (Phi) is 3.96. The summed E-state index contributed by atoms with van der Waals surface area (Å²) >= 11 is 0. The first-order chi connectivity index (χ1) is 9.65. The molecule has 0 saturated heterocycles. The smallest absolute Gasteiger partial charge is 0.262 e. The van der Waals surface area contributed by atoms with Crippen LogP contribution < -0.4 is 10.1 Å². The highest BCUT2D eigenvalue weighted by molar-refractivity contribution is 6.05. The van der Waals surface area contributed by atoms with Crippen LogP contribution in [-0.2, 0) is 0 Å². The summed E-state index contributed by atoms with van der Waals surface area (Å²) in [6.07, 6.45) is 8.12. The zero-order valence-corrected chi connectivity index (χ0v) is 11.2. The highest BCUT2D eigenvalue weighted by atomic mass is 16.5. The molecule has 0 fully saturated rings. The number of amides is 1. The molecule has 5 nitrogen and oxygen atoms in total. The molecule has 0 unspecified atom stereocenters. The number of nitrogens with one attached hydrogen (secondary N) is 1. The molecule has 5 heteroatoms. The summed E-state index contributed by atoms with van der Waals surface area (Å²) in [5.74, 6) is 2.44. The molecule has 0 bridgehead atoms. The van der Waals surface area contributed by atoms with Gasteiger partial charge in [0.2, 0.25) is 5.88 Å². The topological polar surface area (TPSA) is 64.1 Å². The van der Waals surface area contributed by atoms with E-state index in [2.05, 4.69) is 21.2 Å². The monoisotopic (exact) mass is 267 g/mol. The number of aromatic nitrogens is 2. The lowest BCUT2D eigenvalue weighted by Gasteiger charge is -2.09. The molecule has 0 aliphatic rings. The van der Waals surface area contributed by atoms with Crippen molar-refractivity contribution >= 4 is 11.6 Å². The highest BCUT2D eigenvalue weighted by Gasteiger charge is 2.14. The first-order valence-electron chi connectivity index (χ1n) is 5.88. The van der Waals surface area contributed by atoms with E-state index in [-0.39, 0.29) is 17.4 Å². The van der Waals surface area contributed by atoms with Crippen LogP contribution in [0.1, 0.15) is 21.5 Å². The number of anilines is 1. The summed E-state index contributed by atoms with van der Waals surface area (Å²) in [6.45, 7) is 1.91. The Bertz CT molecular complexity index is 690. The van der Waals surface area contributed by atoms with Gasteiger partial charge in [0, 0.05) is 17.4 Å². The Balaban J connectivity index is 2.26. The zero-order chi connectivity index (χ0) is 14.5. The summed E-state index contributed by atoms with van der Waals surface area (Å²) in [7, 11) is 1.45. The molecule has 0 atom stereocenters. The number of terminal acetylenes is 1. The summed E-state index contributed by atoms with van der Waals surface area (Å²) in [6, 6.07) is 5.37. The molecule has 2 aromatic rings. The van der Waals surface area contributed by atoms with E-state index in [1.165, 1.54) is 19.6 Å². The number of hydrogen-bond donors (Lipinski definition) is 1. The molecule has 0 aliphatic carbocycles. The normalized spacial score (nSPS) is 9.65. The third kappa shape index (κ3) is 2.75. The van der Waals surface area contributed by atoms with Crippen LogP contribution in [0.25, 0.3) is 0 Å². The van der Waals surface area contributed by atoms with E-state index < -0.39 is 0 Å². The molecule has 2 rings (SSSR count). The summed E-state index contributed by atoms with van der Waals surface area (Å²) in [5.41, 5.74) is 2.59. The molecular weight excluding hydrogens is 254 g/mol. The molecular formula is C15H13N3O2. The zero-order valence-electron chi connectivity index (χ0n) is 11.2. The van der Waals surface area contributed by atoms with Crippen LogP contribution in [0.4, 0.5) is 5.69 Å². The van der Waals surface area contributed by atoms with Crippen molar-refractivity contribution in [1.82, 2.24) is 9.97 Å². The average Bonchev–Trinajstić information content (AvgIpc) is 2.49. The van der Waals surface area contributed by atoms with Gasteiger partial charge in [-0.1, -0.05) is 12.0 Å². The van der Waals surface area contributed by atoms with Crippen molar-refractivity contribution in [2.45, 2.75) is 6.92 Å². The minimum Gasteiger partial charge on any atom is -0.480 e. The maximum absolute atomic E-state index is 12.2. The van der Waals surface area contributed by atoms with E-state index in [1.807, 2.05) is 13.0 Å². The molecule has 0 spiro atoms. The number of methoxy groups -OCH3 is 1. The van der Waals surface area contributed by atoms with E-state index in [0.29, 0.717) is 5.69 Å². The van der Waals surface area contributed by atoms with Gasteiger partial charge in [0.15, 0.2) is 0 Å². The van der Waals surface area contributed by atoms with E-state index in [9.17, 15) is 4.79 Å². The highest BCUT2D eigenvalue weighted by Crippen LogP contribution is 2.18. The predicted octanol–water partition coefficient (Wildman–Crippen LogP) is 2.03. The second kappa shape index (κ2) is 5.85. The molecule has 1 amide bonds. The average molecular weight is 267 g/mol. The van der Waals surface area contributed by atoms with Gasteiger partial charge in [-0.3, -0.25) is 4.79 Å². The van der Waals surface area contributed by atoms with Crippen LogP contribution in [-0.4, -0.2) is 23.0 Å². The van der Waals surface area contributed by atoms with Crippen LogP contribution in [0.2, 0.25) is 0 Å². The maximum atomic E-state index is 12.2. The van der Waals surface area contributed by atoms with Gasteiger partial charge in [-0.25, -0.2) is 9.97 Å². The Morgan fingerprint density at radius 3 is 2.95 bits per heavy atom.